The van der Waals surface area contributed by atoms with Crippen molar-refractivity contribution in [1.82, 2.24) is 4.90 Å². The minimum absolute atomic E-state index is 0.461. The average molecular weight is 246 g/mol. The molecule has 0 spiro atoms. The zero-order chi connectivity index (χ0) is 12.8. The van der Waals surface area contributed by atoms with Crippen molar-refractivity contribution in [3.05, 3.63) is 29.8 Å². The molecule has 96 valence electrons. The standard InChI is InChI=1S/C14H18N2O2/c1-12-11-17-8-6-16(12)7-9-18-14-4-2-13(10-15)3-5-14/h2-5,12H,6-9,11H2,1H3/t12-/m1/s1. The summed E-state index contributed by atoms with van der Waals surface area (Å²) in [6, 6.07) is 9.76. The lowest BCUT2D eigenvalue weighted by molar-refractivity contribution is -0.00514. The molecule has 1 aromatic carbocycles. The second-order valence-electron chi connectivity index (χ2n) is 4.44. The van der Waals surface area contributed by atoms with Gasteiger partial charge in [0.25, 0.3) is 0 Å². The van der Waals surface area contributed by atoms with Crippen LogP contribution in [0.25, 0.3) is 0 Å². The number of nitriles is 1. The van der Waals surface area contributed by atoms with Gasteiger partial charge >= 0.3 is 0 Å². The zero-order valence-corrected chi connectivity index (χ0v) is 10.6. The van der Waals surface area contributed by atoms with E-state index in [1.54, 1.807) is 12.1 Å². The van der Waals surface area contributed by atoms with Gasteiger partial charge in [-0.05, 0) is 31.2 Å². The monoisotopic (exact) mass is 246 g/mol. The summed E-state index contributed by atoms with van der Waals surface area (Å²) in [6.07, 6.45) is 0. The SMILES string of the molecule is C[C@@H]1COCCN1CCOc1ccc(C#N)cc1. The van der Waals surface area contributed by atoms with E-state index in [4.69, 9.17) is 14.7 Å². The van der Waals surface area contributed by atoms with Gasteiger partial charge in [0.1, 0.15) is 12.4 Å². The first-order chi connectivity index (χ1) is 8.79. The number of ether oxygens (including phenoxy) is 2. The highest BCUT2D eigenvalue weighted by Crippen LogP contribution is 2.12. The molecule has 1 saturated heterocycles. The van der Waals surface area contributed by atoms with E-state index in [0.717, 1.165) is 32.1 Å². The van der Waals surface area contributed by atoms with Gasteiger partial charge in [0.15, 0.2) is 0 Å². The molecule has 0 radical (unpaired) electrons. The molecule has 1 heterocycles. The molecule has 0 aromatic heterocycles. The van der Waals surface area contributed by atoms with E-state index in [1.165, 1.54) is 0 Å². The van der Waals surface area contributed by atoms with E-state index in [2.05, 4.69) is 17.9 Å². The molecule has 4 heteroatoms. The van der Waals surface area contributed by atoms with Gasteiger partial charge < -0.3 is 9.47 Å². The second-order valence-corrected chi connectivity index (χ2v) is 4.44. The number of hydrogen-bond acceptors (Lipinski definition) is 4. The summed E-state index contributed by atoms with van der Waals surface area (Å²) in [5.74, 6) is 0.815. The third-order valence-corrected chi connectivity index (χ3v) is 3.14. The Kier molecular flexibility index (Phi) is 4.57. The largest absolute Gasteiger partial charge is 0.492 e. The summed E-state index contributed by atoms with van der Waals surface area (Å²) < 4.78 is 11.1. The Morgan fingerprint density at radius 1 is 1.44 bits per heavy atom. The topological polar surface area (TPSA) is 45.5 Å². The van der Waals surface area contributed by atoms with Gasteiger partial charge in [0, 0.05) is 19.1 Å². The fourth-order valence-corrected chi connectivity index (χ4v) is 2.00. The Hall–Kier alpha value is -1.57. The predicted octanol–water partition coefficient (Wildman–Crippen LogP) is 1.66. The molecule has 0 aliphatic carbocycles. The molecule has 1 fully saturated rings. The summed E-state index contributed by atoms with van der Waals surface area (Å²) in [5.41, 5.74) is 0.657. The van der Waals surface area contributed by atoms with Crippen LogP contribution in [0.3, 0.4) is 0 Å². The lowest BCUT2D eigenvalue weighted by atomic mass is 10.2. The minimum Gasteiger partial charge on any atom is -0.492 e. The van der Waals surface area contributed by atoms with E-state index in [1.807, 2.05) is 12.1 Å². The van der Waals surface area contributed by atoms with Crippen molar-refractivity contribution in [3.63, 3.8) is 0 Å². The van der Waals surface area contributed by atoms with Crippen LogP contribution in [0.4, 0.5) is 0 Å². The number of rotatable bonds is 4. The molecule has 18 heavy (non-hydrogen) atoms. The highest BCUT2D eigenvalue weighted by Gasteiger charge is 2.17. The smallest absolute Gasteiger partial charge is 0.119 e. The first-order valence-electron chi connectivity index (χ1n) is 6.24. The van der Waals surface area contributed by atoms with Crippen LogP contribution in [-0.2, 0) is 4.74 Å². The molecule has 0 N–H and O–H groups in total. The number of nitrogens with zero attached hydrogens (tertiary/aromatic N) is 2. The van der Waals surface area contributed by atoms with E-state index >= 15 is 0 Å². The molecule has 0 bridgehead atoms. The van der Waals surface area contributed by atoms with Gasteiger partial charge in [-0.2, -0.15) is 5.26 Å². The predicted molar refractivity (Wildman–Crippen MR) is 68.5 cm³/mol. The Bertz CT molecular complexity index is 411. The molecule has 0 saturated carbocycles. The summed E-state index contributed by atoms with van der Waals surface area (Å²) in [6.45, 7) is 6.32. The van der Waals surface area contributed by atoms with Crippen molar-refractivity contribution in [2.75, 3.05) is 32.9 Å². The summed E-state index contributed by atoms with van der Waals surface area (Å²) >= 11 is 0. The lowest BCUT2D eigenvalue weighted by Gasteiger charge is -2.32. The summed E-state index contributed by atoms with van der Waals surface area (Å²) in [7, 11) is 0. The molecule has 1 aliphatic heterocycles. The van der Waals surface area contributed by atoms with Crippen LogP contribution >= 0.6 is 0 Å². The van der Waals surface area contributed by atoms with Gasteiger partial charge in [0.05, 0.1) is 24.8 Å². The van der Waals surface area contributed by atoms with E-state index in [9.17, 15) is 0 Å². The molecule has 1 atom stereocenters. The molecule has 0 amide bonds. The van der Waals surface area contributed by atoms with Gasteiger partial charge in [-0.25, -0.2) is 0 Å². The highest BCUT2D eigenvalue weighted by molar-refractivity contribution is 5.34. The average Bonchev–Trinajstić information content (AvgIpc) is 2.42. The van der Waals surface area contributed by atoms with Gasteiger partial charge in [0.2, 0.25) is 0 Å². The van der Waals surface area contributed by atoms with E-state index < -0.39 is 0 Å². The fraction of sp³-hybridized carbons (Fsp3) is 0.500. The van der Waals surface area contributed by atoms with Gasteiger partial charge in [-0.1, -0.05) is 0 Å². The normalized spacial score (nSPS) is 20.3. The first-order valence-corrected chi connectivity index (χ1v) is 6.24. The van der Waals surface area contributed by atoms with Crippen LogP contribution in [-0.4, -0.2) is 43.9 Å². The third-order valence-electron chi connectivity index (χ3n) is 3.14. The number of morpholine rings is 1. The molecule has 2 rings (SSSR count). The van der Waals surface area contributed by atoms with Crippen molar-refractivity contribution in [1.29, 1.82) is 5.26 Å². The Labute approximate surface area is 108 Å². The maximum absolute atomic E-state index is 8.69. The third kappa shape index (κ3) is 3.46. The quantitative estimate of drug-likeness (QED) is 0.810. The van der Waals surface area contributed by atoms with Crippen molar-refractivity contribution in [3.8, 4) is 11.8 Å². The number of benzene rings is 1. The van der Waals surface area contributed by atoms with Crippen molar-refractivity contribution < 1.29 is 9.47 Å². The maximum atomic E-state index is 8.69. The molecule has 4 nitrogen and oxygen atoms in total. The van der Waals surface area contributed by atoms with Gasteiger partial charge in [-0.15, -0.1) is 0 Å². The molecule has 0 unspecified atom stereocenters. The molecule has 1 aromatic rings. The Morgan fingerprint density at radius 3 is 2.89 bits per heavy atom. The zero-order valence-electron chi connectivity index (χ0n) is 10.6. The Morgan fingerprint density at radius 2 is 2.22 bits per heavy atom. The van der Waals surface area contributed by atoms with Crippen molar-refractivity contribution in [2.24, 2.45) is 0 Å². The lowest BCUT2D eigenvalue weighted by Crippen LogP contribution is -2.45. The van der Waals surface area contributed by atoms with Crippen molar-refractivity contribution >= 4 is 0 Å². The number of hydrogen-bond donors (Lipinski definition) is 0. The first kappa shape index (κ1) is 12.9. The van der Waals surface area contributed by atoms with Crippen LogP contribution in [0.1, 0.15) is 12.5 Å². The van der Waals surface area contributed by atoms with Gasteiger partial charge in [-0.3, -0.25) is 4.90 Å². The molecule has 1 aliphatic rings. The van der Waals surface area contributed by atoms with E-state index in [-0.39, 0.29) is 0 Å². The van der Waals surface area contributed by atoms with E-state index in [0.29, 0.717) is 18.2 Å². The Balaban J connectivity index is 1.75. The second kappa shape index (κ2) is 6.39. The molecular weight excluding hydrogens is 228 g/mol. The van der Waals surface area contributed by atoms with Crippen LogP contribution < -0.4 is 4.74 Å². The van der Waals surface area contributed by atoms with Crippen LogP contribution in [0.2, 0.25) is 0 Å². The highest BCUT2D eigenvalue weighted by atomic mass is 16.5. The summed E-state index contributed by atoms with van der Waals surface area (Å²) in [4.78, 5) is 2.37. The minimum atomic E-state index is 0.461. The summed E-state index contributed by atoms with van der Waals surface area (Å²) in [5, 5.41) is 8.69. The van der Waals surface area contributed by atoms with Crippen LogP contribution in [0, 0.1) is 11.3 Å². The maximum Gasteiger partial charge on any atom is 0.119 e. The van der Waals surface area contributed by atoms with Crippen LogP contribution in [0.15, 0.2) is 24.3 Å². The van der Waals surface area contributed by atoms with Crippen molar-refractivity contribution in [2.45, 2.75) is 13.0 Å². The molecular formula is C14H18N2O2. The van der Waals surface area contributed by atoms with Crippen LogP contribution in [0.5, 0.6) is 5.75 Å². The fourth-order valence-electron chi connectivity index (χ4n) is 2.00.